The molecule has 2 atom stereocenters. The number of hydrogen-bond acceptors (Lipinski definition) is 6. The minimum atomic E-state index is -1.33. The normalized spacial score (nSPS) is 22.1. The average Bonchev–Trinajstić information content (AvgIpc) is 3.55. The van der Waals surface area contributed by atoms with Gasteiger partial charge in [-0.05, 0) is 69.2 Å². The first-order valence-electron chi connectivity index (χ1n) is 13.7. The average molecular weight is 550 g/mol. The van der Waals surface area contributed by atoms with E-state index in [4.69, 9.17) is 11.3 Å². The van der Waals surface area contributed by atoms with Crippen molar-refractivity contribution in [2.75, 3.05) is 0 Å². The minimum absolute atomic E-state index is 0.000455. The number of cyclic esters (lactones) is 1. The van der Waals surface area contributed by atoms with Gasteiger partial charge in [0.1, 0.15) is 28.7 Å². The Balaban J connectivity index is 1.37. The van der Waals surface area contributed by atoms with E-state index >= 15 is 0 Å². The third kappa shape index (κ3) is 5.09. The molecule has 10 heteroatoms. The molecule has 3 aromatic rings. The highest BCUT2D eigenvalue weighted by atomic mass is 19.1. The molecule has 0 spiro atoms. The van der Waals surface area contributed by atoms with Gasteiger partial charge in [-0.2, -0.15) is 4.98 Å². The van der Waals surface area contributed by atoms with Crippen molar-refractivity contribution in [2.24, 2.45) is 11.8 Å². The maximum atomic E-state index is 14.9. The number of Topliss-reactive ketones (excluding diaryl/α,β-unsaturated/α-hetero) is 1. The highest BCUT2D eigenvalue weighted by molar-refractivity contribution is 6.01. The van der Waals surface area contributed by atoms with Crippen molar-refractivity contribution in [3.63, 3.8) is 0 Å². The Morgan fingerprint density at radius 1 is 1.12 bits per heavy atom. The zero-order chi connectivity index (χ0) is 28.8. The summed E-state index contributed by atoms with van der Waals surface area (Å²) in [6.07, 6.45) is 4.17. The summed E-state index contributed by atoms with van der Waals surface area (Å²) in [4.78, 5) is 39.0. The molecule has 0 bridgehead atoms. The van der Waals surface area contributed by atoms with Gasteiger partial charge in [-0.15, -0.1) is 5.10 Å². The van der Waals surface area contributed by atoms with Gasteiger partial charge in [-0.25, -0.2) is 24.9 Å². The van der Waals surface area contributed by atoms with Crippen LogP contribution in [0.1, 0.15) is 80.7 Å². The molecule has 8 nitrogen and oxygen atoms in total. The number of hydrogen-bond donors (Lipinski definition) is 0. The Morgan fingerprint density at radius 3 is 2.42 bits per heavy atom. The van der Waals surface area contributed by atoms with Crippen LogP contribution < -0.4 is 0 Å². The van der Waals surface area contributed by atoms with Gasteiger partial charge in [0.2, 0.25) is 0 Å². The van der Waals surface area contributed by atoms with Crippen LogP contribution in [0.15, 0.2) is 18.2 Å². The van der Waals surface area contributed by atoms with Gasteiger partial charge in [-0.3, -0.25) is 9.59 Å². The van der Waals surface area contributed by atoms with Crippen LogP contribution in [-0.4, -0.2) is 36.9 Å². The quantitative estimate of drug-likeness (QED) is 0.222. The number of halogens is 2. The molecule has 0 N–H and O–H groups in total. The van der Waals surface area contributed by atoms with Crippen molar-refractivity contribution in [3.8, 4) is 0 Å². The molecule has 2 aromatic heterocycles. The number of nitrogens with zero attached hydrogens (tertiary/aromatic N) is 5. The van der Waals surface area contributed by atoms with Gasteiger partial charge in [0.15, 0.2) is 11.6 Å². The number of aryl methyl sites for hydroxylation is 3. The number of benzene rings is 1. The lowest BCUT2D eigenvalue weighted by Gasteiger charge is -2.43. The van der Waals surface area contributed by atoms with Crippen LogP contribution in [0.4, 0.5) is 8.78 Å². The predicted molar refractivity (Wildman–Crippen MR) is 142 cm³/mol. The Hall–Kier alpha value is -3.74. The summed E-state index contributed by atoms with van der Waals surface area (Å²) in [5.74, 6) is -2.64. The van der Waals surface area contributed by atoms with Crippen LogP contribution in [0, 0.1) is 43.9 Å². The van der Waals surface area contributed by atoms with E-state index in [-0.39, 0.29) is 42.9 Å². The summed E-state index contributed by atoms with van der Waals surface area (Å²) in [7, 11) is 0. The number of aromatic nitrogens is 4. The second-order valence-electron chi connectivity index (χ2n) is 11.8. The van der Waals surface area contributed by atoms with Crippen LogP contribution >= 0.6 is 0 Å². The number of fused-ring (bicyclic) bond motifs is 1. The summed E-state index contributed by atoms with van der Waals surface area (Å²) in [6, 6.07) is 4.36. The number of ketones is 1. The molecule has 1 aliphatic carbocycles. The zero-order valence-electron chi connectivity index (χ0n) is 23.3. The fourth-order valence-corrected chi connectivity index (χ4v) is 6.32. The third-order valence-electron chi connectivity index (χ3n) is 8.43. The first kappa shape index (κ1) is 27.8. The fourth-order valence-electron chi connectivity index (χ4n) is 6.32. The zero-order valence-corrected chi connectivity index (χ0v) is 23.3. The highest BCUT2D eigenvalue weighted by Gasteiger charge is 2.51. The van der Waals surface area contributed by atoms with Crippen LogP contribution in [-0.2, 0) is 32.7 Å². The standard InChI is InChI=1S/C30H33F2N5O3/c1-17-12-18(2)37-28(34-17)35-25(36-37)15-21-24(38)16-30(40-27(21)39,20-8-6-7-9-20)11-10-19-13-22(31)26(23(32)14-19)29(3,4)33-5/h12-14,20-21H,6-11,15-16H2,1-4H3. The van der Waals surface area contributed by atoms with E-state index < -0.39 is 34.7 Å². The van der Waals surface area contributed by atoms with Crippen LogP contribution in [0.5, 0.6) is 0 Å². The number of ether oxygens (including phenoxy) is 1. The molecule has 0 amide bonds. The summed E-state index contributed by atoms with van der Waals surface area (Å²) in [6.45, 7) is 14.0. The topological polar surface area (TPSA) is 90.8 Å². The lowest BCUT2D eigenvalue weighted by Crippen LogP contribution is -2.52. The summed E-state index contributed by atoms with van der Waals surface area (Å²) >= 11 is 0. The maximum Gasteiger partial charge on any atom is 0.317 e. The largest absolute Gasteiger partial charge is 0.458 e. The molecule has 2 aliphatic rings. The molecule has 3 heterocycles. The highest BCUT2D eigenvalue weighted by Crippen LogP contribution is 2.45. The van der Waals surface area contributed by atoms with Crippen molar-refractivity contribution in [1.29, 1.82) is 0 Å². The number of carbonyl (C=O) groups excluding carboxylic acids is 2. The second-order valence-corrected chi connectivity index (χ2v) is 11.8. The smallest absolute Gasteiger partial charge is 0.317 e. The molecule has 210 valence electrons. The van der Waals surface area contributed by atoms with E-state index in [9.17, 15) is 18.4 Å². The van der Waals surface area contributed by atoms with E-state index in [1.165, 1.54) is 26.0 Å². The monoisotopic (exact) mass is 549 g/mol. The summed E-state index contributed by atoms with van der Waals surface area (Å²) in [5.41, 5.74) is -0.582. The van der Waals surface area contributed by atoms with Gasteiger partial charge < -0.3 is 9.58 Å². The summed E-state index contributed by atoms with van der Waals surface area (Å²) < 4.78 is 37.6. The van der Waals surface area contributed by atoms with Crippen molar-refractivity contribution >= 4 is 17.5 Å². The van der Waals surface area contributed by atoms with Crippen molar-refractivity contribution in [2.45, 2.75) is 90.2 Å². The molecule has 40 heavy (non-hydrogen) atoms. The molecule has 1 aliphatic heterocycles. The van der Waals surface area contributed by atoms with Crippen molar-refractivity contribution in [3.05, 3.63) is 69.6 Å². The van der Waals surface area contributed by atoms with Gasteiger partial charge in [-0.1, -0.05) is 12.8 Å². The van der Waals surface area contributed by atoms with E-state index in [1.54, 1.807) is 4.52 Å². The predicted octanol–water partition coefficient (Wildman–Crippen LogP) is 5.41. The van der Waals surface area contributed by atoms with E-state index in [0.717, 1.165) is 37.1 Å². The second kappa shape index (κ2) is 10.3. The minimum Gasteiger partial charge on any atom is -0.458 e. The lowest BCUT2D eigenvalue weighted by atomic mass is 9.73. The Bertz CT molecular complexity index is 1490. The van der Waals surface area contributed by atoms with Gasteiger partial charge >= 0.3 is 5.97 Å². The molecular formula is C30H33F2N5O3. The molecule has 2 unspecified atom stereocenters. The Labute approximate surface area is 232 Å². The third-order valence-corrected chi connectivity index (χ3v) is 8.43. The number of carbonyl (C=O) groups is 2. The van der Waals surface area contributed by atoms with Crippen molar-refractivity contribution < 1.29 is 23.1 Å². The molecule has 0 radical (unpaired) electrons. The van der Waals surface area contributed by atoms with Crippen LogP contribution in [0.2, 0.25) is 0 Å². The number of esters is 1. The van der Waals surface area contributed by atoms with Gasteiger partial charge in [0, 0.05) is 38.1 Å². The molecular weight excluding hydrogens is 516 g/mol. The Kier molecular flexibility index (Phi) is 7.19. The van der Waals surface area contributed by atoms with Crippen LogP contribution in [0.3, 0.4) is 0 Å². The molecule has 1 saturated heterocycles. The lowest BCUT2D eigenvalue weighted by molar-refractivity contribution is -0.185. The Morgan fingerprint density at radius 2 is 1.80 bits per heavy atom. The SMILES string of the molecule is [C-]#[N+]C(C)(C)c1c(F)cc(CCC2(C3CCCC3)CC(=O)C(Cc3nc4nc(C)cc(C)n4n3)C(=O)O2)cc1F. The number of rotatable bonds is 7. The van der Waals surface area contributed by atoms with Crippen molar-refractivity contribution in [1.82, 2.24) is 19.6 Å². The van der Waals surface area contributed by atoms with E-state index in [2.05, 4.69) is 19.9 Å². The fraction of sp³-hybridized carbons (Fsp3) is 0.533. The first-order chi connectivity index (χ1) is 18.9. The summed E-state index contributed by atoms with van der Waals surface area (Å²) in [5, 5.41) is 4.45. The maximum absolute atomic E-state index is 14.9. The van der Waals surface area contributed by atoms with Crippen LogP contribution in [0.25, 0.3) is 10.6 Å². The van der Waals surface area contributed by atoms with Gasteiger partial charge in [0.05, 0.1) is 0 Å². The molecule has 2 fully saturated rings. The molecule has 1 aromatic carbocycles. The van der Waals surface area contributed by atoms with Gasteiger partial charge in [0.25, 0.3) is 11.3 Å². The molecule has 1 saturated carbocycles. The first-order valence-corrected chi connectivity index (χ1v) is 13.7. The van der Waals surface area contributed by atoms with E-state index in [1.807, 2.05) is 19.9 Å². The molecule has 5 rings (SSSR count). The van der Waals surface area contributed by atoms with E-state index in [0.29, 0.717) is 17.2 Å².